The highest BCUT2D eigenvalue weighted by atomic mass is 32.2. The summed E-state index contributed by atoms with van der Waals surface area (Å²) in [5.41, 5.74) is 1.18. The van der Waals surface area contributed by atoms with Crippen molar-refractivity contribution in [3.63, 3.8) is 0 Å². The molecule has 1 aromatic rings. The number of thioether (sulfide) groups is 1. The average Bonchev–Trinajstić information content (AvgIpc) is 3.44. The summed E-state index contributed by atoms with van der Waals surface area (Å²) in [7, 11) is 0. The van der Waals surface area contributed by atoms with Gasteiger partial charge in [0.1, 0.15) is 10.6 Å². The molecule has 1 aliphatic heterocycles. The van der Waals surface area contributed by atoms with E-state index in [1.807, 2.05) is 29.2 Å². The van der Waals surface area contributed by atoms with Crippen LogP contribution >= 0.6 is 24.0 Å². The van der Waals surface area contributed by atoms with Gasteiger partial charge in [-0.05, 0) is 41.7 Å². The first kappa shape index (κ1) is 18.0. The van der Waals surface area contributed by atoms with Crippen molar-refractivity contribution in [2.24, 2.45) is 5.92 Å². The van der Waals surface area contributed by atoms with E-state index in [0.717, 1.165) is 54.0 Å². The fraction of sp³-hybridized carbons (Fsp3) is 0.529. The highest BCUT2D eigenvalue weighted by molar-refractivity contribution is 8.22. The van der Waals surface area contributed by atoms with Gasteiger partial charge in [-0.3, -0.25) is 4.79 Å². The van der Waals surface area contributed by atoms with Crippen molar-refractivity contribution in [2.45, 2.75) is 23.5 Å². The first-order valence-electron chi connectivity index (χ1n) is 8.17. The van der Waals surface area contributed by atoms with Crippen molar-refractivity contribution in [3.05, 3.63) is 29.8 Å². The zero-order chi connectivity index (χ0) is 17.1. The van der Waals surface area contributed by atoms with Gasteiger partial charge in [-0.1, -0.05) is 36.1 Å². The van der Waals surface area contributed by atoms with Crippen LogP contribution in [0, 0.1) is 5.92 Å². The standard InChI is InChI=1S/C17H22N2O2S3/c1-24(21)15-6-2-13(3-7-15)12-23-17(22)19-10-8-18(9-11-19)16(20)14-4-5-14/h2-3,6-7,14H,4-5,8-12H2,1H3. The first-order chi connectivity index (χ1) is 11.5. The lowest BCUT2D eigenvalue weighted by Gasteiger charge is -2.36. The second-order valence-corrected chi connectivity index (χ2v) is 9.23. The fourth-order valence-corrected chi connectivity index (χ4v) is 4.44. The Hall–Kier alpha value is -0.760. The van der Waals surface area contributed by atoms with Crippen LogP contribution in [0.25, 0.3) is 0 Å². The Kier molecular flexibility index (Phi) is 6.07. The molecule has 0 aromatic heterocycles. The Bertz CT molecular complexity index is 594. The Morgan fingerprint density at radius 2 is 1.79 bits per heavy atom. The molecule has 130 valence electrons. The second-order valence-electron chi connectivity index (χ2n) is 6.24. The lowest BCUT2D eigenvalue weighted by molar-refractivity contribution is -0.133. The molecule has 0 radical (unpaired) electrons. The summed E-state index contributed by atoms with van der Waals surface area (Å²) in [5.74, 6) is 1.45. The molecule has 0 spiro atoms. The second kappa shape index (κ2) is 8.08. The SMILES string of the molecule is C[S+]([O-])c1ccc(CSC(=S)N2CCN(C(=O)C3CC3)CC2)cc1. The molecule has 1 atom stereocenters. The van der Waals surface area contributed by atoms with Gasteiger partial charge in [0.15, 0.2) is 4.90 Å². The highest BCUT2D eigenvalue weighted by Crippen LogP contribution is 2.31. The molecule has 24 heavy (non-hydrogen) atoms. The topological polar surface area (TPSA) is 46.6 Å². The molecular formula is C17H22N2O2S3. The van der Waals surface area contributed by atoms with E-state index in [4.69, 9.17) is 12.2 Å². The maximum absolute atomic E-state index is 12.1. The zero-order valence-electron chi connectivity index (χ0n) is 13.8. The van der Waals surface area contributed by atoms with Crippen LogP contribution in [0.2, 0.25) is 0 Å². The van der Waals surface area contributed by atoms with Gasteiger partial charge in [0.2, 0.25) is 5.91 Å². The summed E-state index contributed by atoms with van der Waals surface area (Å²) in [6, 6.07) is 7.85. The molecule has 1 aliphatic carbocycles. The molecule has 1 unspecified atom stereocenters. The molecular weight excluding hydrogens is 360 g/mol. The van der Waals surface area contributed by atoms with Crippen LogP contribution in [0.3, 0.4) is 0 Å². The average molecular weight is 383 g/mol. The Morgan fingerprint density at radius 3 is 2.33 bits per heavy atom. The lowest BCUT2D eigenvalue weighted by Crippen LogP contribution is -2.50. The molecule has 1 amide bonds. The van der Waals surface area contributed by atoms with Gasteiger partial charge in [-0.2, -0.15) is 0 Å². The van der Waals surface area contributed by atoms with Crippen molar-refractivity contribution in [1.29, 1.82) is 0 Å². The highest BCUT2D eigenvalue weighted by Gasteiger charge is 2.34. The van der Waals surface area contributed by atoms with Crippen LogP contribution in [0.1, 0.15) is 18.4 Å². The normalized spacial score (nSPS) is 19.2. The maximum atomic E-state index is 12.1. The van der Waals surface area contributed by atoms with Gasteiger partial charge in [-0.25, -0.2) is 0 Å². The Labute approximate surface area is 156 Å². The van der Waals surface area contributed by atoms with Gasteiger partial charge < -0.3 is 14.4 Å². The van der Waals surface area contributed by atoms with E-state index < -0.39 is 11.2 Å². The summed E-state index contributed by atoms with van der Waals surface area (Å²) < 4.78 is 12.3. The largest absolute Gasteiger partial charge is 0.612 e. The number of benzene rings is 1. The number of hydrogen-bond acceptors (Lipinski definition) is 4. The van der Waals surface area contributed by atoms with E-state index in [2.05, 4.69) is 4.90 Å². The molecule has 3 rings (SSSR count). The van der Waals surface area contributed by atoms with Crippen LogP contribution < -0.4 is 0 Å². The van der Waals surface area contributed by atoms with Crippen molar-refractivity contribution >= 4 is 45.4 Å². The molecule has 4 nitrogen and oxygen atoms in total. The van der Waals surface area contributed by atoms with E-state index in [0.29, 0.717) is 11.8 Å². The zero-order valence-corrected chi connectivity index (χ0v) is 16.2. The molecule has 1 saturated carbocycles. The summed E-state index contributed by atoms with van der Waals surface area (Å²) in [6.45, 7) is 3.23. The van der Waals surface area contributed by atoms with Crippen molar-refractivity contribution in [1.82, 2.24) is 9.80 Å². The molecule has 7 heteroatoms. The number of hydrogen-bond donors (Lipinski definition) is 0. The first-order valence-corrected chi connectivity index (χ1v) is 11.1. The Morgan fingerprint density at radius 1 is 1.21 bits per heavy atom. The number of rotatable bonds is 4. The predicted octanol–water partition coefficient (Wildman–Crippen LogP) is 2.50. The van der Waals surface area contributed by atoms with Gasteiger partial charge in [0.25, 0.3) is 0 Å². The number of piperazine rings is 1. The van der Waals surface area contributed by atoms with Gasteiger partial charge in [0.05, 0.1) is 0 Å². The molecule has 1 heterocycles. The van der Waals surface area contributed by atoms with Gasteiger partial charge in [-0.15, -0.1) is 0 Å². The van der Waals surface area contributed by atoms with E-state index in [9.17, 15) is 9.35 Å². The van der Waals surface area contributed by atoms with Crippen molar-refractivity contribution < 1.29 is 9.35 Å². The van der Waals surface area contributed by atoms with Crippen LogP contribution in [0.4, 0.5) is 0 Å². The van der Waals surface area contributed by atoms with Crippen LogP contribution in [-0.4, -0.2) is 57.0 Å². The smallest absolute Gasteiger partial charge is 0.225 e. The summed E-state index contributed by atoms with van der Waals surface area (Å²) in [4.78, 5) is 17.1. The third kappa shape index (κ3) is 4.65. The summed E-state index contributed by atoms with van der Waals surface area (Å²) in [6.07, 6.45) is 3.82. The molecule has 2 fully saturated rings. The molecule has 2 aliphatic rings. The maximum Gasteiger partial charge on any atom is 0.225 e. The predicted molar refractivity (Wildman–Crippen MR) is 104 cm³/mol. The van der Waals surface area contributed by atoms with Gasteiger partial charge in [0, 0.05) is 37.8 Å². The van der Waals surface area contributed by atoms with Gasteiger partial charge >= 0.3 is 0 Å². The van der Waals surface area contributed by atoms with E-state index >= 15 is 0 Å². The Balaban J connectivity index is 1.43. The minimum absolute atomic E-state index is 0.304. The van der Waals surface area contributed by atoms with E-state index in [1.165, 1.54) is 5.56 Å². The number of thiocarbonyl (C=S) groups is 1. The van der Waals surface area contributed by atoms with E-state index in [1.54, 1.807) is 18.0 Å². The molecule has 0 N–H and O–H groups in total. The molecule has 0 bridgehead atoms. The fourth-order valence-electron chi connectivity index (χ4n) is 2.71. The quantitative estimate of drug-likeness (QED) is 0.591. The van der Waals surface area contributed by atoms with Crippen molar-refractivity contribution in [2.75, 3.05) is 32.4 Å². The third-order valence-electron chi connectivity index (χ3n) is 4.39. The minimum atomic E-state index is -0.933. The number of nitrogens with zero attached hydrogens (tertiary/aromatic N) is 2. The van der Waals surface area contributed by atoms with Crippen LogP contribution in [0.5, 0.6) is 0 Å². The molecule has 1 aromatic carbocycles. The minimum Gasteiger partial charge on any atom is -0.612 e. The third-order valence-corrected chi connectivity index (χ3v) is 6.92. The summed E-state index contributed by atoms with van der Waals surface area (Å²) in [5, 5.41) is 0. The number of carbonyl (C=O) groups is 1. The van der Waals surface area contributed by atoms with E-state index in [-0.39, 0.29) is 0 Å². The molecule has 1 saturated heterocycles. The monoisotopic (exact) mass is 382 g/mol. The number of carbonyl (C=O) groups excluding carboxylic acids is 1. The summed E-state index contributed by atoms with van der Waals surface area (Å²) >= 11 is 6.27. The van der Waals surface area contributed by atoms with Crippen molar-refractivity contribution in [3.8, 4) is 0 Å². The van der Waals surface area contributed by atoms with Crippen LogP contribution in [0.15, 0.2) is 29.2 Å². The lowest BCUT2D eigenvalue weighted by atomic mass is 10.2. The van der Waals surface area contributed by atoms with Crippen LogP contribution in [-0.2, 0) is 21.7 Å². The number of amides is 1.